The van der Waals surface area contributed by atoms with E-state index >= 15 is 0 Å². The van der Waals surface area contributed by atoms with Gasteiger partial charge in [-0.25, -0.2) is 19.6 Å². The molecule has 4 heterocycles. The Balaban J connectivity index is 1.33. The van der Waals surface area contributed by atoms with Crippen molar-refractivity contribution in [3.63, 3.8) is 0 Å². The summed E-state index contributed by atoms with van der Waals surface area (Å²) in [7, 11) is -1.12. The Labute approximate surface area is 215 Å². The number of fused-ring (bicyclic) bond motifs is 3. The van der Waals surface area contributed by atoms with Crippen molar-refractivity contribution in [2.24, 2.45) is 0 Å². The van der Waals surface area contributed by atoms with Gasteiger partial charge in [0.25, 0.3) is 0 Å². The van der Waals surface area contributed by atoms with Crippen LogP contribution in [0.3, 0.4) is 0 Å². The van der Waals surface area contributed by atoms with Crippen LogP contribution in [0.2, 0.25) is 25.7 Å². The zero-order chi connectivity index (χ0) is 25.3. The molecule has 2 aliphatic rings. The van der Waals surface area contributed by atoms with E-state index < -0.39 is 8.07 Å². The van der Waals surface area contributed by atoms with E-state index in [9.17, 15) is 0 Å². The molecule has 0 bridgehead atoms. The maximum Gasteiger partial charge on any atom is 0.228 e. The molecule has 192 valence electrons. The lowest BCUT2D eigenvalue weighted by molar-refractivity contribution is 0.0757. The lowest BCUT2D eigenvalue weighted by Crippen LogP contribution is -2.29. The fourth-order valence-corrected chi connectivity index (χ4v) is 5.79. The number of hydrogen-bond donors (Lipinski definition) is 1. The van der Waals surface area contributed by atoms with Crippen LogP contribution in [0.4, 0.5) is 17.5 Å². The molecule has 1 aliphatic heterocycles. The fourth-order valence-electron chi connectivity index (χ4n) is 5.03. The minimum absolute atomic E-state index is 0.308. The number of hydrogen-bond acceptors (Lipinski definition) is 7. The zero-order valence-electron chi connectivity index (χ0n) is 22.3. The second kappa shape index (κ2) is 10.3. The minimum Gasteiger partial charge on any atom is -0.370 e. The van der Waals surface area contributed by atoms with Gasteiger partial charge in [-0.3, -0.25) is 0 Å². The molecular weight excluding hydrogens is 466 g/mol. The van der Waals surface area contributed by atoms with Crippen LogP contribution in [0.25, 0.3) is 11.3 Å². The Morgan fingerprint density at radius 2 is 1.86 bits per heavy atom. The average molecular weight is 506 g/mol. The highest BCUT2D eigenvalue weighted by Crippen LogP contribution is 2.40. The fraction of sp³-hybridized carbons (Fsp3) is 0.556. The van der Waals surface area contributed by atoms with Crippen LogP contribution >= 0.6 is 0 Å². The third-order valence-electron chi connectivity index (χ3n) is 6.99. The van der Waals surface area contributed by atoms with Crippen LogP contribution in [0, 0.1) is 0 Å². The van der Waals surface area contributed by atoms with Gasteiger partial charge in [-0.15, -0.1) is 0 Å². The summed E-state index contributed by atoms with van der Waals surface area (Å²) < 4.78 is 8.09. The molecular formula is C27H39N7OSi. The number of rotatable bonds is 9. The molecule has 3 aromatic rings. The van der Waals surface area contributed by atoms with Gasteiger partial charge in [-0.2, -0.15) is 5.10 Å². The van der Waals surface area contributed by atoms with Gasteiger partial charge in [-0.05, 0) is 43.4 Å². The summed E-state index contributed by atoms with van der Waals surface area (Å²) in [4.78, 5) is 16.5. The highest BCUT2D eigenvalue weighted by molar-refractivity contribution is 6.76. The third-order valence-corrected chi connectivity index (χ3v) is 8.69. The largest absolute Gasteiger partial charge is 0.370 e. The zero-order valence-corrected chi connectivity index (χ0v) is 23.3. The van der Waals surface area contributed by atoms with E-state index in [-0.39, 0.29) is 0 Å². The lowest BCUT2D eigenvalue weighted by atomic mass is 10.0. The molecule has 0 radical (unpaired) electrons. The van der Waals surface area contributed by atoms with E-state index in [4.69, 9.17) is 14.8 Å². The van der Waals surface area contributed by atoms with Crippen molar-refractivity contribution >= 4 is 25.5 Å². The van der Waals surface area contributed by atoms with Crippen LogP contribution in [-0.4, -0.2) is 52.5 Å². The van der Waals surface area contributed by atoms with Gasteiger partial charge in [0.05, 0.1) is 29.0 Å². The normalized spacial score (nSPS) is 15.3. The molecule has 0 aromatic carbocycles. The topological polar surface area (TPSA) is 81.0 Å². The number of ether oxygens (including phenoxy) is 1. The molecule has 1 N–H and O–H groups in total. The van der Waals surface area contributed by atoms with Gasteiger partial charge >= 0.3 is 0 Å². The number of nitrogens with zero attached hydrogens (tertiary/aromatic N) is 6. The van der Waals surface area contributed by atoms with E-state index in [0.717, 1.165) is 60.5 Å². The van der Waals surface area contributed by atoms with Crippen molar-refractivity contribution in [1.29, 1.82) is 0 Å². The van der Waals surface area contributed by atoms with Gasteiger partial charge < -0.3 is 15.0 Å². The van der Waals surface area contributed by atoms with E-state index in [1.807, 2.05) is 23.1 Å². The van der Waals surface area contributed by atoms with Crippen molar-refractivity contribution in [3.8, 4) is 11.3 Å². The Kier molecular flexibility index (Phi) is 7.12. The highest BCUT2D eigenvalue weighted by Gasteiger charge is 2.30. The molecule has 0 saturated carbocycles. The first-order valence-corrected chi connectivity index (χ1v) is 17.0. The Morgan fingerprint density at radius 3 is 2.56 bits per heavy atom. The van der Waals surface area contributed by atoms with Gasteiger partial charge in [0.15, 0.2) is 0 Å². The van der Waals surface area contributed by atoms with E-state index in [2.05, 4.69) is 59.7 Å². The van der Waals surface area contributed by atoms with Gasteiger partial charge in [0.1, 0.15) is 12.5 Å². The van der Waals surface area contributed by atoms with Gasteiger partial charge in [-0.1, -0.05) is 33.5 Å². The van der Waals surface area contributed by atoms with Crippen LogP contribution in [0.15, 0.2) is 24.5 Å². The summed E-state index contributed by atoms with van der Waals surface area (Å²) in [5.74, 6) is 1.63. The van der Waals surface area contributed by atoms with E-state index in [0.29, 0.717) is 18.6 Å². The molecule has 0 atom stereocenters. The number of pyridine rings is 1. The maximum atomic E-state index is 6.05. The molecule has 0 amide bonds. The van der Waals surface area contributed by atoms with E-state index in [1.165, 1.54) is 30.6 Å². The summed E-state index contributed by atoms with van der Waals surface area (Å²) in [5.41, 5.74) is 6.68. The predicted molar refractivity (Wildman–Crippen MR) is 148 cm³/mol. The number of nitrogens with one attached hydrogen (secondary N) is 1. The first-order valence-electron chi connectivity index (χ1n) is 13.3. The predicted octanol–water partition coefficient (Wildman–Crippen LogP) is 5.81. The van der Waals surface area contributed by atoms with Crippen molar-refractivity contribution in [3.05, 3.63) is 41.5 Å². The highest BCUT2D eigenvalue weighted by atomic mass is 28.3. The first-order chi connectivity index (χ1) is 17.3. The number of piperidine rings is 1. The maximum absolute atomic E-state index is 6.05. The second-order valence-corrected chi connectivity index (χ2v) is 17.1. The molecule has 3 aromatic heterocycles. The second-order valence-electron chi connectivity index (χ2n) is 11.5. The third kappa shape index (κ3) is 5.47. The quantitative estimate of drug-likeness (QED) is 0.227. The molecule has 1 fully saturated rings. The van der Waals surface area contributed by atoms with Crippen molar-refractivity contribution in [2.45, 2.75) is 77.9 Å². The summed E-state index contributed by atoms with van der Waals surface area (Å²) in [6.45, 7) is 15.0. The molecule has 36 heavy (non-hydrogen) atoms. The Bertz CT molecular complexity index is 1190. The van der Waals surface area contributed by atoms with Crippen LogP contribution in [-0.2, 0) is 17.9 Å². The smallest absolute Gasteiger partial charge is 0.228 e. The standard InChI is InChI=1S/C27H39N7OSi/c1-19(2)26-24-22(32-34(26)18-35-13-14-36(3,4)5)15-20-16-29-27(31-25(20)24)30-23-10-9-21(17-28-23)33-11-7-6-8-12-33/h9-10,16-17,19H,6-8,11-15,18H2,1-5H3,(H,28,29,30,31). The van der Waals surface area contributed by atoms with Gasteiger partial charge in [0.2, 0.25) is 5.95 Å². The first kappa shape index (κ1) is 24.9. The molecule has 5 rings (SSSR count). The van der Waals surface area contributed by atoms with Crippen molar-refractivity contribution in [1.82, 2.24) is 24.7 Å². The minimum atomic E-state index is -1.12. The number of aromatic nitrogens is 5. The SMILES string of the molecule is CC(C)c1c2c(nn1COCC[Si](C)(C)C)Cc1cnc(Nc3ccc(N4CCCCC4)cn3)nc1-2. The van der Waals surface area contributed by atoms with Crippen molar-refractivity contribution in [2.75, 3.05) is 29.9 Å². The molecule has 1 saturated heterocycles. The summed E-state index contributed by atoms with van der Waals surface area (Å²) >= 11 is 0. The Morgan fingerprint density at radius 1 is 1.06 bits per heavy atom. The summed E-state index contributed by atoms with van der Waals surface area (Å²) in [5, 5.41) is 8.23. The molecule has 1 aliphatic carbocycles. The van der Waals surface area contributed by atoms with Crippen LogP contribution in [0.1, 0.15) is 56.0 Å². The van der Waals surface area contributed by atoms with Crippen molar-refractivity contribution < 1.29 is 4.74 Å². The molecule has 0 unspecified atom stereocenters. The molecule has 8 nitrogen and oxygen atoms in total. The molecule has 0 spiro atoms. The van der Waals surface area contributed by atoms with E-state index in [1.54, 1.807) is 0 Å². The monoisotopic (exact) mass is 505 g/mol. The average Bonchev–Trinajstić information content (AvgIpc) is 3.38. The Hall–Kier alpha value is -2.78. The number of anilines is 3. The van der Waals surface area contributed by atoms with Gasteiger partial charge in [0, 0.05) is 51.5 Å². The summed E-state index contributed by atoms with van der Waals surface area (Å²) in [6, 6.07) is 5.31. The van der Waals surface area contributed by atoms with Crippen LogP contribution in [0.5, 0.6) is 0 Å². The summed E-state index contributed by atoms with van der Waals surface area (Å²) in [6.07, 6.45) is 8.46. The molecule has 9 heteroatoms. The van der Waals surface area contributed by atoms with Crippen LogP contribution < -0.4 is 10.2 Å². The lowest BCUT2D eigenvalue weighted by Gasteiger charge is -2.28.